The number of ketones is 1. The zero-order valence-corrected chi connectivity index (χ0v) is 13.2. The average Bonchev–Trinajstić information content (AvgIpc) is 2.42. The van der Waals surface area contributed by atoms with Crippen molar-refractivity contribution in [3.05, 3.63) is 57.1 Å². The minimum atomic E-state index is 0.0460. The highest BCUT2D eigenvalue weighted by Crippen LogP contribution is 2.25. The number of aromatic hydroxyl groups is 1. The Morgan fingerprint density at radius 1 is 1.20 bits per heavy atom. The molecule has 0 atom stereocenters. The number of benzene rings is 1. The lowest BCUT2D eigenvalue weighted by molar-refractivity contribution is -0.111. The summed E-state index contributed by atoms with van der Waals surface area (Å²) < 4.78 is 1.13. The number of hydrogen-bond donors (Lipinski definition) is 1. The second-order valence-electron chi connectivity index (χ2n) is 5.01. The molecule has 1 aliphatic rings. The van der Waals surface area contributed by atoms with E-state index in [4.69, 9.17) is 0 Å². The molecule has 0 saturated heterocycles. The van der Waals surface area contributed by atoms with Crippen LogP contribution in [0.3, 0.4) is 0 Å². The molecular formula is C17H17BrO2. The Balaban J connectivity index is 2.16. The van der Waals surface area contributed by atoms with Crippen LogP contribution in [0.1, 0.15) is 29.5 Å². The number of aryl methyl sites for hydroxylation is 2. The molecule has 1 aromatic carbocycles. The van der Waals surface area contributed by atoms with E-state index in [2.05, 4.69) is 15.9 Å². The molecule has 3 heteroatoms. The van der Waals surface area contributed by atoms with Crippen molar-refractivity contribution in [2.75, 3.05) is 0 Å². The molecule has 0 unspecified atom stereocenters. The summed E-state index contributed by atoms with van der Waals surface area (Å²) in [5.74, 6) is 0.364. The first kappa shape index (κ1) is 14.8. The summed E-state index contributed by atoms with van der Waals surface area (Å²) in [6.45, 7) is 3.71. The topological polar surface area (TPSA) is 37.3 Å². The van der Waals surface area contributed by atoms with Crippen molar-refractivity contribution in [2.24, 2.45) is 0 Å². The summed E-state index contributed by atoms with van der Waals surface area (Å²) in [5.41, 5.74) is 3.40. The summed E-state index contributed by atoms with van der Waals surface area (Å²) in [4.78, 5) is 12.1. The summed E-state index contributed by atoms with van der Waals surface area (Å²) >= 11 is 3.43. The number of carbonyl (C=O) groups excluding carboxylic acids is 1. The zero-order valence-electron chi connectivity index (χ0n) is 11.6. The van der Waals surface area contributed by atoms with Crippen LogP contribution >= 0.6 is 15.9 Å². The van der Waals surface area contributed by atoms with Crippen molar-refractivity contribution < 1.29 is 9.90 Å². The first-order valence-electron chi connectivity index (χ1n) is 6.55. The Morgan fingerprint density at radius 2 is 1.85 bits per heavy atom. The molecule has 0 bridgehead atoms. The van der Waals surface area contributed by atoms with Gasteiger partial charge < -0.3 is 5.11 Å². The van der Waals surface area contributed by atoms with E-state index in [1.807, 2.05) is 38.1 Å². The molecule has 2 nitrogen and oxygen atoms in total. The molecule has 20 heavy (non-hydrogen) atoms. The summed E-state index contributed by atoms with van der Waals surface area (Å²) in [6.07, 6.45) is 8.85. The number of allylic oxidation sites excluding steroid dienone is 5. The van der Waals surface area contributed by atoms with Gasteiger partial charge in [-0.25, -0.2) is 0 Å². The van der Waals surface area contributed by atoms with Crippen LogP contribution in [-0.2, 0) is 4.79 Å². The van der Waals surface area contributed by atoms with Crippen LogP contribution in [0.2, 0.25) is 0 Å². The molecule has 104 valence electrons. The fourth-order valence-electron chi connectivity index (χ4n) is 2.18. The van der Waals surface area contributed by atoms with Crippen LogP contribution in [0.15, 0.2) is 40.4 Å². The number of phenolic OH excluding ortho intramolecular Hbond substituents is 1. The SMILES string of the molecule is Cc1cc(/C=C/C(=O)C2=CC=C(Br)CC2)cc(C)c1O. The zero-order chi connectivity index (χ0) is 14.7. The molecular weight excluding hydrogens is 316 g/mol. The number of phenols is 1. The number of hydrogen-bond acceptors (Lipinski definition) is 2. The van der Waals surface area contributed by atoms with Crippen molar-refractivity contribution in [3.63, 3.8) is 0 Å². The highest BCUT2D eigenvalue weighted by Gasteiger charge is 2.10. The van der Waals surface area contributed by atoms with E-state index in [-0.39, 0.29) is 5.78 Å². The van der Waals surface area contributed by atoms with Gasteiger partial charge in [0.1, 0.15) is 5.75 Å². The van der Waals surface area contributed by atoms with Crippen LogP contribution in [-0.4, -0.2) is 10.9 Å². The molecule has 0 aliphatic heterocycles. The van der Waals surface area contributed by atoms with Gasteiger partial charge in [-0.15, -0.1) is 0 Å². The van der Waals surface area contributed by atoms with E-state index >= 15 is 0 Å². The monoisotopic (exact) mass is 332 g/mol. The van der Waals surface area contributed by atoms with Crippen LogP contribution < -0.4 is 0 Å². The van der Waals surface area contributed by atoms with E-state index in [1.165, 1.54) is 0 Å². The average molecular weight is 333 g/mol. The Morgan fingerprint density at radius 3 is 2.40 bits per heavy atom. The first-order chi connectivity index (χ1) is 9.47. The standard InChI is InChI=1S/C17H17BrO2/c1-11-9-13(10-12(2)17(11)20)3-8-16(19)14-4-6-15(18)7-5-14/h3-4,6,8-10,20H,5,7H2,1-2H3/b8-3+. The Labute approximate surface area is 127 Å². The van der Waals surface area contributed by atoms with Gasteiger partial charge in [-0.3, -0.25) is 4.79 Å². The Bertz CT molecular complexity index is 613. The van der Waals surface area contributed by atoms with Crippen molar-refractivity contribution in [3.8, 4) is 5.75 Å². The fourth-order valence-corrected chi connectivity index (χ4v) is 2.51. The van der Waals surface area contributed by atoms with Gasteiger partial charge in [-0.05, 0) is 71.6 Å². The minimum absolute atomic E-state index is 0.0460. The predicted molar refractivity (Wildman–Crippen MR) is 85.9 cm³/mol. The lowest BCUT2D eigenvalue weighted by Gasteiger charge is -2.08. The molecule has 0 heterocycles. The molecule has 2 rings (SSSR count). The second-order valence-corrected chi connectivity index (χ2v) is 6.02. The van der Waals surface area contributed by atoms with Gasteiger partial charge in [-0.2, -0.15) is 0 Å². The van der Waals surface area contributed by atoms with Crippen molar-refractivity contribution >= 4 is 27.8 Å². The van der Waals surface area contributed by atoms with Crippen molar-refractivity contribution in [2.45, 2.75) is 26.7 Å². The van der Waals surface area contributed by atoms with E-state index < -0.39 is 0 Å². The van der Waals surface area contributed by atoms with Gasteiger partial charge in [0, 0.05) is 0 Å². The molecule has 0 saturated carbocycles. The molecule has 1 N–H and O–H groups in total. The highest BCUT2D eigenvalue weighted by atomic mass is 79.9. The van der Waals surface area contributed by atoms with Gasteiger partial charge in [0.15, 0.2) is 5.78 Å². The minimum Gasteiger partial charge on any atom is -0.507 e. The van der Waals surface area contributed by atoms with E-state index in [1.54, 1.807) is 12.2 Å². The fraction of sp³-hybridized carbons (Fsp3) is 0.235. The maximum Gasteiger partial charge on any atom is 0.181 e. The molecule has 1 aliphatic carbocycles. The number of carbonyl (C=O) groups is 1. The smallest absolute Gasteiger partial charge is 0.181 e. The number of rotatable bonds is 3. The molecule has 0 fully saturated rings. The van der Waals surface area contributed by atoms with E-state index in [0.29, 0.717) is 5.75 Å². The Hall–Kier alpha value is -1.61. The van der Waals surface area contributed by atoms with Gasteiger partial charge >= 0.3 is 0 Å². The predicted octanol–water partition coefficient (Wildman–Crippen LogP) is 4.59. The van der Waals surface area contributed by atoms with Gasteiger partial charge in [-0.1, -0.05) is 34.2 Å². The molecule has 0 radical (unpaired) electrons. The third-order valence-corrected chi connectivity index (χ3v) is 4.02. The summed E-state index contributed by atoms with van der Waals surface area (Å²) in [6, 6.07) is 3.75. The largest absolute Gasteiger partial charge is 0.507 e. The molecule has 1 aromatic rings. The van der Waals surface area contributed by atoms with Crippen LogP contribution in [0.5, 0.6) is 5.75 Å². The lowest BCUT2D eigenvalue weighted by atomic mass is 9.99. The first-order valence-corrected chi connectivity index (χ1v) is 7.34. The maximum absolute atomic E-state index is 12.1. The van der Waals surface area contributed by atoms with Crippen LogP contribution in [0.25, 0.3) is 6.08 Å². The summed E-state index contributed by atoms with van der Waals surface area (Å²) in [5, 5.41) is 9.73. The van der Waals surface area contributed by atoms with Gasteiger partial charge in [0.2, 0.25) is 0 Å². The molecule has 0 spiro atoms. The third-order valence-electron chi connectivity index (χ3n) is 3.36. The molecule has 0 aromatic heterocycles. The number of halogens is 1. The second kappa shape index (κ2) is 6.23. The molecule has 0 amide bonds. The maximum atomic E-state index is 12.1. The van der Waals surface area contributed by atoms with Crippen LogP contribution in [0.4, 0.5) is 0 Å². The normalized spacial score (nSPS) is 15.2. The van der Waals surface area contributed by atoms with Crippen molar-refractivity contribution in [1.29, 1.82) is 0 Å². The Kier molecular flexibility index (Phi) is 4.61. The van der Waals surface area contributed by atoms with Gasteiger partial charge in [0.05, 0.1) is 0 Å². The quantitative estimate of drug-likeness (QED) is 0.822. The van der Waals surface area contributed by atoms with E-state index in [9.17, 15) is 9.90 Å². The van der Waals surface area contributed by atoms with Gasteiger partial charge in [0.25, 0.3) is 0 Å². The van der Waals surface area contributed by atoms with E-state index in [0.717, 1.165) is 39.6 Å². The van der Waals surface area contributed by atoms with Crippen LogP contribution in [0, 0.1) is 13.8 Å². The lowest BCUT2D eigenvalue weighted by Crippen LogP contribution is -2.01. The van der Waals surface area contributed by atoms with Crippen molar-refractivity contribution in [1.82, 2.24) is 0 Å². The summed E-state index contributed by atoms with van der Waals surface area (Å²) in [7, 11) is 0. The third kappa shape index (κ3) is 3.48. The highest BCUT2D eigenvalue weighted by molar-refractivity contribution is 9.11.